The average molecular weight is 264 g/mol. The fourth-order valence-electron chi connectivity index (χ4n) is 2.63. The lowest BCUT2D eigenvalue weighted by Gasteiger charge is -2.08. The SMILES string of the molecule is CCCc1ccc2c(F)c(-c3ccccc3)ccc2c1. The minimum Gasteiger partial charge on any atom is -0.206 e. The molecule has 3 rings (SSSR count). The molecule has 100 valence electrons. The van der Waals surface area contributed by atoms with Gasteiger partial charge in [-0.1, -0.05) is 74.0 Å². The predicted octanol–water partition coefficient (Wildman–Crippen LogP) is 5.60. The Balaban J connectivity index is 2.14. The maximum Gasteiger partial charge on any atom is 0.138 e. The molecule has 0 unspecified atom stereocenters. The fourth-order valence-corrected chi connectivity index (χ4v) is 2.63. The van der Waals surface area contributed by atoms with Crippen LogP contribution in [0.15, 0.2) is 60.7 Å². The molecule has 0 heterocycles. The van der Waals surface area contributed by atoms with Crippen molar-refractivity contribution in [1.82, 2.24) is 0 Å². The first-order valence-electron chi connectivity index (χ1n) is 7.06. The van der Waals surface area contributed by atoms with Gasteiger partial charge in [0.25, 0.3) is 0 Å². The molecule has 0 spiro atoms. The van der Waals surface area contributed by atoms with E-state index in [0.717, 1.165) is 23.8 Å². The lowest BCUT2D eigenvalue weighted by Crippen LogP contribution is -1.89. The lowest BCUT2D eigenvalue weighted by molar-refractivity contribution is 0.643. The normalized spacial score (nSPS) is 10.9. The third kappa shape index (κ3) is 2.32. The number of hydrogen-bond donors (Lipinski definition) is 0. The van der Waals surface area contributed by atoms with E-state index in [4.69, 9.17) is 0 Å². The van der Waals surface area contributed by atoms with Crippen LogP contribution in [0.2, 0.25) is 0 Å². The van der Waals surface area contributed by atoms with E-state index in [1.54, 1.807) is 0 Å². The van der Waals surface area contributed by atoms with E-state index in [-0.39, 0.29) is 5.82 Å². The van der Waals surface area contributed by atoms with Crippen molar-refractivity contribution in [2.24, 2.45) is 0 Å². The molecule has 20 heavy (non-hydrogen) atoms. The Bertz CT molecular complexity index is 729. The number of benzene rings is 3. The number of fused-ring (bicyclic) bond motifs is 1. The minimum absolute atomic E-state index is 0.128. The zero-order valence-corrected chi connectivity index (χ0v) is 11.6. The third-order valence-electron chi connectivity index (χ3n) is 3.64. The van der Waals surface area contributed by atoms with Crippen molar-refractivity contribution in [2.75, 3.05) is 0 Å². The molecule has 0 amide bonds. The van der Waals surface area contributed by atoms with Crippen LogP contribution < -0.4 is 0 Å². The lowest BCUT2D eigenvalue weighted by atomic mass is 9.98. The van der Waals surface area contributed by atoms with Gasteiger partial charge in [0.2, 0.25) is 0 Å². The van der Waals surface area contributed by atoms with Gasteiger partial charge in [0.05, 0.1) is 0 Å². The molecule has 0 aliphatic heterocycles. The Morgan fingerprint density at radius 1 is 0.900 bits per heavy atom. The van der Waals surface area contributed by atoms with E-state index in [0.29, 0.717) is 10.9 Å². The minimum atomic E-state index is -0.128. The van der Waals surface area contributed by atoms with Crippen LogP contribution in [0, 0.1) is 5.82 Å². The summed E-state index contributed by atoms with van der Waals surface area (Å²) in [7, 11) is 0. The molecule has 0 saturated carbocycles. The Hall–Kier alpha value is -2.15. The highest BCUT2D eigenvalue weighted by atomic mass is 19.1. The zero-order chi connectivity index (χ0) is 13.9. The number of halogens is 1. The Morgan fingerprint density at radius 3 is 2.45 bits per heavy atom. The maximum absolute atomic E-state index is 14.7. The van der Waals surface area contributed by atoms with Crippen LogP contribution in [-0.4, -0.2) is 0 Å². The molecule has 0 fully saturated rings. The van der Waals surface area contributed by atoms with Gasteiger partial charge in [-0.15, -0.1) is 0 Å². The second-order valence-corrected chi connectivity index (χ2v) is 5.10. The van der Waals surface area contributed by atoms with E-state index in [1.165, 1.54) is 5.56 Å². The molecule has 3 aromatic carbocycles. The molecule has 0 aliphatic rings. The maximum atomic E-state index is 14.7. The molecular weight excluding hydrogens is 247 g/mol. The first-order valence-corrected chi connectivity index (χ1v) is 7.06. The molecule has 0 nitrogen and oxygen atoms in total. The summed E-state index contributed by atoms with van der Waals surface area (Å²) in [5, 5.41) is 1.68. The van der Waals surface area contributed by atoms with Crippen molar-refractivity contribution in [3.8, 4) is 11.1 Å². The Morgan fingerprint density at radius 2 is 1.70 bits per heavy atom. The van der Waals surface area contributed by atoms with E-state index in [1.807, 2.05) is 54.6 Å². The van der Waals surface area contributed by atoms with E-state index < -0.39 is 0 Å². The number of hydrogen-bond acceptors (Lipinski definition) is 0. The van der Waals surface area contributed by atoms with Crippen LogP contribution >= 0.6 is 0 Å². The summed E-state index contributed by atoms with van der Waals surface area (Å²) < 4.78 is 14.7. The highest BCUT2D eigenvalue weighted by Crippen LogP contribution is 2.29. The van der Waals surface area contributed by atoms with Crippen LogP contribution in [0.3, 0.4) is 0 Å². The summed E-state index contributed by atoms with van der Waals surface area (Å²) >= 11 is 0. The molecule has 0 N–H and O–H groups in total. The second-order valence-electron chi connectivity index (χ2n) is 5.10. The second kappa shape index (κ2) is 5.46. The first kappa shape index (κ1) is 12.9. The van der Waals surface area contributed by atoms with E-state index in [2.05, 4.69) is 13.0 Å². The van der Waals surface area contributed by atoms with Crippen molar-refractivity contribution in [3.05, 3.63) is 72.0 Å². The quantitative estimate of drug-likeness (QED) is 0.577. The highest BCUT2D eigenvalue weighted by Gasteiger charge is 2.09. The van der Waals surface area contributed by atoms with Gasteiger partial charge in [0.15, 0.2) is 0 Å². The molecule has 1 heteroatoms. The van der Waals surface area contributed by atoms with Gasteiger partial charge in [-0.05, 0) is 22.9 Å². The van der Waals surface area contributed by atoms with E-state index in [9.17, 15) is 4.39 Å². The van der Waals surface area contributed by atoms with Gasteiger partial charge in [-0.25, -0.2) is 4.39 Å². The molecule has 3 aromatic rings. The predicted molar refractivity (Wildman–Crippen MR) is 83.3 cm³/mol. The standard InChI is InChI=1S/C19H17F/c1-2-6-14-9-11-18-16(13-14)10-12-17(19(18)20)15-7-4-3-5-8-15/h3-5,7-13H,2,6H2,1H3. The van der Waals surface area contributed by atoms with Crippen molar-refractivity contribution in [2.45, 2.75) is 19.8 Å². The monoisotopic (exact) mass is 264 g/mol. The number of aryl methyl sites for hydroxylation is 1. The van der Waals surface area contributed by atoms with Gasteiger partial charge >= 0.3 is 0 Å². The molecular formula is C19H17F. The summed E-state index contributed by atoms with van der Waals surface area (Å²) in [6.45, 7) is 2.16. The van der Waals surface area contributed by atoms with Crippen LogP contribution in [0.4, 0.5) is 4.39 Å². The van der Waals surface area contributed by atoms with Crippen molar-refractivity contribution in [1.29, 1.82) is 0 Å². The molecule has 0 aromatic heterocycles. The zero-order valence-electron chi connectivity index (χ0n) is 11.6. The van der Waals surface area contributed by atoms with Crippen molar-refractivity contribution >= 4 is 10.8 Å². The molecule has 0 bridgehead atoms. The van der Waals surface area contributed by atoms with Crippen LogP contribution in [0.5, 0.6) is 0 Å². The van der Waals surface area contributed by atoms with Gasteiger partial charge < -0.3 is 0 Å². The average Bonchev–Trinajstić information content (AvgIpc) is 2.49. The third-order valence-corrected chi connectivity index (χ3v) is 3.64. The summed E-state index contributed by atoms with van der Waals surface area (Å²) in [6, 6.07) is 19.6. The first-order chi connectivity index (χ1) is 9.79. The highest BCUT2D eigenvalue weighted by molar-refractivity contribution is 5.88. The van der Waals surface area contributed by atoms with Crippen molar-refractivity contribution in [3.63, 3.8) is 0 Å². The van der Waals surface area contributed by atoms with Gasteiger partial charge in [0, 0.05) is 10.9 Å². The fraction of sp³-hybridized carbons (Fsp3) is 0.158. The largest absolute Gasteiger partial charge is 0.206 e. The van der Waals surface area contributed by atoms with E-state index >= 15 is 0 Å². The molecule has 0 atom stereocenters. The molecule has 0 saturated heterocycles. The summed E-state index contributed by atoms with van der Waals surface area (Å²) in [6.07, 6.45) is 2.15. The van der Waals surface area contributed by atoms with Crippen molar-refractivity contribution < 1.29 is 4.39 Å². The molecule has 0 aliphatic carbocycles. The summed E-state index contributed by atoms with van der Waals surface area (Å²) in [5.74, 6) is -0.128. The Labute approximate surface area is 118 Å². The van der Waals surface area contributed by atoms with Crippen LogP contribution in [0.25, 0.3) is 21.9 Å². The van der Waals surface area contributed by atoms with Crippen LogP contribution in [-0.2, 0) is 6.42 Å². The summed E-state index contributed by atoms with van der Waals surface area (Å²) in [4.78, 5) is 0. The van der Waals surface area contributed by atoms with Gasteiger partial charge in [0.1, 0.15) is 5.82 Å². The Kier molecular flexibility index (Phi) is 3.51. The summed E-state index contributed by atoms with van der Waals surface area (Å²) in [5.41, 5.74) is 2.86. The van der Waals surface area contributed by atoms with Crippen LogP contribution in [0.1, 0.15) is 18.9 Å². The van der Waals surface area contributed by atoms with Gasteiger partial charge in [-0.2, -0.15) is 0 Å². The topological polar surface area (TPSA) is 0 Å². The van der Waals surface area contributed by atoms with Gasteiger partial charge in [-0.3, -0.25) is 0 Å². The molecule has 0 radical (unpaired) electrons. The number of rotatable bonds is 3. The smallest absolute Gasteiger partial charge is 0.138 e.